The number of pyridine rings is 1. The summed E-state index contributed by atoms with van der Waals surface area (Å²) in [5.74, 6) is -4.34. The number of rotatable bonds is 7. The van der Waals surface area contributed by atoms with Gasteiger partial charge in [-0.1, -0.05) is 18.2 Å². The summed E-state index contributed by atoms with van der Waals surface area (Å²) in [7, 11) is 0. The fraction of sp³-hybridized carbons (Fsp3) is 0.182. The van der Waals surface area contributed by atoms with E-state index < -0.39 is 47.7 Å². The van der Waals surface area contributed by atoms with Gasteiger partial charge in [-0.3, -0.25) is 9.59 Å². The molecule has 0 radical (unpaired) electrons. The lowest BCUT2D eigenvalue weighted by Gasteiger charge is -2.18. The minimum absolute atomic E-state index is 0.0534. The Morgan fingerprint density at radius 1 is 0.943 bits per heavy atom. The number of aromatic amines is 1. The molecule has 6 nitrogen and oxygen atoms in total. The van der Waals surface area contributed by atoms with Crippen LogP contribution in [0, 0.1) is 5.82 Å². The molecule has 186 valence electrons. The van der Waals surface area contributed by atoms with Crippen molar-refractivity contribution in [3.63, 3.8) is 0 Å². The van der Waals surface area contributed by atoms with E-state index in [-0.39, 0.29) is 23.4 Å². The molecule has 3 N–H and O–H groups in total. The highest BCUT2D eigenvalue weighted by Crippen LogP contribution is 2.41. The quantitative estimate of drug-likeness (QED) is 0.381. The van der Waals surface area contributed by atoms with E-state index in [0.29, 0.717) is 17.7 Å². The lowest BCUT2D eigenvalue weighted by Crippen LogP contribution is -2.22. The van der Waals surface area contributed by atoms with E-state index in [2.05, 4.69) is 15.0 Å². The van der Waals surface area contributed by atoms with Gasteiger partial charge in [0.1, 0.15) is 11.3 Å². The number of benzene rings is 2. The number of nitrogens with one attached hydrogen (secondary N) is 3. The SMILES string of the molecule is O=C(Nc1ccc(OCC(F)(F)F)c(C(F)(F)F)c1F)c1ccccc1NCc1ccc(=O)[nH]c1. The Morgan fingerprint density at radius 2 is 1.66 bits per heavy atom. The average molecular weight is 503 g/mol. The van der Waals surface area contributed by atoms with Crippen molar-refractivity contribution in [2.24, 2.45) is 0 Å². The molecule has 1 amide bonds. The van der Waals surface area contributed by atoms with Gasteiger partial charge in [0.25, 0.3) is 5.91 Å². The lowest BCUT2D eigenvalue weighted by atomic mass is 10.1. The summed E-state index contributed by atoms with van der Waals surface area (Å²) in [6.45, 7) is -1.89. The molecule has 0 saturated carbocycles. The average Bonchev–Trinajstić information content (AvgIpc) is 2.77. The van der Waals surface area contributed by atoms with Crippen molar-refractivity contribution in [1.29, 1.82) is 0 Å². The third-order valence-electron chi connectivity index (χ3n) is 4.53. The van der Waals surface area contributed by atoms with Gasteiger partial charge in [0.15, 0.2) is 12.4 Å². The number of halogens is 7. The predicted molar refractivity (Wildman–Crippen MR) is 112 cm³/mol. The predicted octanol–water partition coefficient (Wildman–Crippen LogP) is 5.34. The number of carbonyl (C=O) groups is 1. The number of hydrogen-bond acceptors (Lipinski definition) is 4. The van der Waals surface area contributed by atoms with Crippen LogP contribution in [-0.4, -0.2) is 23.7 Å². The molecule has 0 unspecified atom stereocenters. The van der Waals surface area contributed by atoms with Crippen molar-refractivity contribution in [1.82, 2.24) is 4.98 Å². The van der Waals surface area contributed by atoms with Gasteiger partial charge in [0.2, 0.25) is 5.56 Å². The maximum atomic E-state index is 14.7. The largest absolute Gasteiger partial charge is 0.483 e. The zero-order valence-electron chi connectivity index (χ0n) is 17.5. The maximum absolute atomic E-state index is 14.7. The molecule has 35 heavy (non-hydrogen) atoms. The molecule has 1 aromatic heterocycles. The highest BCUT2D eigenvalue weighted by atomic mass is 19.4. The second-order valence-electron chi connectivity index (χ2n) is 7.12. The summed E-state index contributed by atoms with van der Waals surface area (Å²) in [6.07, 6.45) is -8.91. The Kier molecular flexibility index (Phi) is 7.37. The minimum Gasteiger partial charge on any atom is -0.483 e. The highest BCUT2D eigenvalue weighted by molar-refractivity contribution is 6.08. The van der Waals surface area contributed by atoms with Crippen molar-refractivity contribution < 1.29 is 40.3 Å². The van der Waals surface area contributed by atoms with Gasteiger partial charge in [-0.15, -0.1) is 0 Å². The van der Waals surface area contributed by atoms with Crippen LogP contribution in [0.2, 0.25) is 0 Å². The van der Waals surface area contributed by atoms with E-state index in [1.807, 2.05) is 5.32 Å². The number of anilines is 2. The second kappa shape index (κ2) is 10.1. The fourth-order valence-corrected chi connectivity index (χ4v) is 2.97. The van der Waals surface area contributed by atoms with Crippen molar-refractivity contribution in [2.75, 3.05) is 17.2 Å². The van der Waals surface area contributed by atoms with Gasteiger partial charge in [0, 0.05) is 24.5 Å². The van der Waals surface area contributed by atoms with Crippen LogP contribution in [0.3, 0.4) is 0 Å². The number of alkyl halides is 6. The summed E-state index contributed by atoms with van der Waals surface area (Å²) in [6, 6.07) is 9.84. The Morgan fingerprint density at radius 3 is 2.29 bits per heavy atom. The number of ether oxygens (including phenoxy) is 1. The first kappa shape index (κ1) is 25.6. The van der Waals surface area contributed by atoms with Crippen molar-refractivity contribution in [2.45, 2.75) is 18.9 Å². The molecule has 2 aromatic carbocycles. The minimum atomic E-state index is -5.40. The fourth-order valence-electron chi connectivity index (χ4n) is 2.97. The molecule has 0 bridgehead atoms. The molecule has 0 aliphatic carbocycles. The van der Waals surface area contributed by atoms with Gasteiger partial charge in [-0.05, 0) is 29.8 Å². The monoisotopic (exact) mass is 503 g/mol. The molecule has 13 heteroatoms. The molecule has 0 saturated heterocycles. The standard InChI is InChI=1S/C22H16F7N3O3/c23-19-15(6-7-16(18(19)22(27,28)29)35-11-21(24,25)26)32-20(34)13-3-1-2-4-14(13)30-9-12-5-8-17(33)31-10-12/h1-8,10,30H,9,11H2,(H,31,33)(H,32,34). The Hall–Kier alpha value is -4.03. The normalized spacial score (nSPS) is 11.7. The van der Waals surface area contributed by atoms with Crippen molar-refractivity contribution in [3.05, 3.63) is 87.6 Å². The maximum Gasteiger partial charge on any atom is 0.422 e. The van der Waals surface area contributed by atoms with Crippen LogP contribution in [0.25, 0.3) is 0 Å². The van der Waals surface area contributed by atoms with Crippen LogP contribution in [0.5, 0.6) is 5.75 Å². The Bertz CT molecular complexity index is 1250. The first-order chi connectivity index (χ1) is 16.3. The van der Waals surface area contributed by atoms with Crippen LogP contribution in [-0.2, 0) is 12.7 Å². The summed E-state index contributed by atoms with van der Waals surface area (Å²) in [4.78, 5) is 26.3. The number of carbonyl (C=O) groups excluding carboxylic acids is 1. The number of amides is 1. The first-order valence-corrected chi connectivity index (χ1v) is 9.76. The zero-order chi connectivity index (χ0) is 25.8. The van der Waals surface area contributed by atoms with Crippen LogP contribution >= 0.6 is 0 Å². The third kappa shape index (κ3) is 6.74. The summed E-state index contributed by atoms with van der Waals surface area (Å²) in [5, 5.41) is 4.93. The first-order valence-electron chi connectivity index (χ1n) is 9.76. The molecule has 3 rings (SSSR count). The van der Waals surface area contributed by atoms with E-state index in [9.17, 15) is 40.3 Å². The van der Waals surface area contributed by atoms with E-state index >= 15 is 0 Å². The van der Waals surface area contributed by atoms with Gasteiger partial charge < -0.3 is 20.4 Å². The lowest BCUT2D eigenvalue weighted by molar-refractivity contribution is -0.159. The molecule has 0 spiro atoms. The van der Waals surface area contributed by atoms with Crippen LogP contribution in [0.4, 0.5) is 42.1 Å². The van der Waals surface area contributed by atoms with E-state index in [1.165, 1.54) is 36.5 Å². The van der Waals surface area contributed by atoms with Gasteiger partial charge in [-0.25, -0.2) is 4.39 Å². The topological polar surface area (TPSA) is 83.2 Å². The van der Waals surface area contributed by atoms with E-state index in [1.54, 1.807) is 6.07 Å². The van der Waals surface area contributed by atoms with E-state index in [0.717, 1.165) is 0 Å². The smallest absolute Gasteiger partial charge is 0.422 e. The van der Waals surface area contributed by atoms with Gasteiger partial charge in [0.05, 0.1) is 11.3 Å². The zero-order valence-corrected chi connectivity index (χ0v) is 17.5. The molecule has 0 aliphatic rings. The third-order valence-corrected chi connectivity index (χ3v) is 4.53. The molecule has 3 aromatic rings. The van der Waals surface area contributed by atoms with E-state index in [4.69, 9.17) is 0 Å². The van der Waals surface area contributed by atoms with Crippen molar-refractivity contribution in [3.8, 4) is 5.75 Å². The van der Waals surface area contributed by atoms with Crippen LogP contribution < -0.4 is 20.9 Å². The van der Waals surface area contributed by atoms with Gasteiger partial charge in [-0.2, -0.15) is 26.3 Å². The second-order valence-corrected chi connectivity index (χ2v) is 7.12. The molecule has 0 aliphatic heterocycles. The number of H-pyrrole nitrogens is 1. The number of para-hydroxylation sites is 1. The summed E-state index contributed by atoms with van der Waals surface area (Å²) < 4.78 is 96.0. The Balaban J connectivity index is 1.84. The molecule has 0 fully saturated rings. The Labute approximate surface area is 192 Å². The number of hydrogen-bond donors (Lipinski definition) is 3. The molecular weight excluding hydrogens is 487 g/mol. The van der Waals surface area contributed by atoms with Crippen molar-refractivity contribution >= 4 is 17.3 Å². The summed E-state index contributed by atoms with van der Waals surface area (Å²) >= 11 is 0. The highest BCUT2D eigenvalue weighted by Gasteiger charge is 2.40. The summed E-state index contributed by atoms with van der Waals surface area (Å²) in [5.41, 5.74) is -2.46. The van der Waals surface area contributed by atoms with Crippen LogP contribution in [0.1, 0.15) is 21.5 Å². The molecule has 1 heterocycles. The molecule has 0 atom stereocenters. The molecular formula is C22H16F7N3O3. The number of aromatic nitrogens is 1. The van der Waals surface area contributed by atoms with Crippen LogP contribution in [0.15, 0.2) is 59.5 Å². The van der Waals surface area contributed by atoms with Gasteiger partial charge >= 0.3 is 12.4 Å².